The number of hydrogen-bond donors (Lipinski definition) is 0. The molecule has 0 aliphatic heterocycles. The fraction of sp³-hybridized carbons (Fsp3) is 0.895. The zero-order valence-electron chi connectivity index (χ0n) is 13.3. The van der Waals surface area contributed by atoms with Gasteiger partial charge in [-0.2, -0.15) is 0 Å². The molecule has 0 aromatic carbocycles. The lowest BCUT2D eigenvalue weighted by molar-refractivity contribution is -0.00600. The first kappa shape index (κ1) is 13.7. The second-order valence-corrected chi connectivity index (χ2v) is 8.38. The molecule has 0 spiro atoms. The average molecular weight is 260 g/mol. The maximum atomic E-state index is 4.38. The summed E-state index contributed by atoms with van der Waals surface area (Å²) >= 11 is 0. The third-order valence-electron chi connectivity index (χ3n) is 7.75. The maximum Gasteiger partial charge on any atom is -0.00905 e. The summed E-state index contributed by atoms with van der Waals surface area (Å²) in [7, 11) is 0. The Morgan fingerprint density at radius 3 is 2.53 bits per heavy atom. The molecular weight excluding hydrogens is 228 g/mol. The predicted molar refractivity (Wildman–Crippen MR) is 83.1 cm³/mol. The van der Waals surface area contributed by atoms with E-state index in [1.54, 1.807) is 5.57 Å². The Bertz CT molecular complexity index is 368. The van der Waals surface area contributed by atoms with Crippen LogP contribution < -0.4 is 0 Å². The summed E-state index contributed by atoms with van der Waals surface area (Å²) in [4.78, 5) is 0. The van der Waals surface area contributed by atoms with Crippen LogP contribution >= 0.6 is 0 Å². The molecule has 19 heavy (non-hydrogen) atoms. The van der Waals surface area contributed by atoms with Gasteiger partial charge in [-0.05, 0) is 67.1 Å². The second-order valence-electron chi connectivity index (χ2n) is 8.38. The van der Waals surface area contributed by atoms with Gasteiger partial charge in [-0.15, -0.1) is 0 Å². The molecule has 2 unspecified atom stereocenters. The highest BCUT2D eigenvalue weighted by Crippen LogP contribution is 2.60. The summed E-state index contributed by atoms with van der Waals surface area (Å²) in [6.45, 7) is 12.0. The first-order valence-corrected chi connectivity index (χ1v) is 8.65. The van der Waals surface area contributed by atoms with Crippen molar-refractivity contribution in [2.75, 3.05) is 0 Å². The van der Waals surface area contributed by atoms with Crippen LogP contribution in [0.2, 0.25) is 0 Å². The van der Waals surface area contributed by atoms with Gasteiger partial charge in [0.2, 0.25) is 0 Å². The molecule has 0 radical (unpaired) electrons. The Balaban J connectivity index is 1.76. The highest BCUT2D eigenvalue weighted by Gasteiger charge is 2.50. The van der Waals surface area contributed by atoms with E-state index in [0.29, 0.717) is 10.8 Å². The highest BCUT2D eigenvalue weighted by molar-refractivity contribution is 5.19. The third kappa shape index (κ3) is 2.01. The molecule has 3 rings (SSSR count). The number of fused-ring (bicyclic) bond motifs is 1. The molecule has 0 bridgehead atoms. The van der Waals surface area contributed by atoms with E-state index in [2.05, 4.69) is 27.4 Å². The summed E-state index contributed by atoms with van der Waals surface area (Å²) in [5.41, 5.74) is 2.71. The van der Waals surface area contributed by atoms with Gasteiger partial charge in [0.25, 0.3) is 0 Å². The summed E-state index contributed by atoms with van der Waals surface area (Å²) in [5.74, 6) is 2.89. The molecule has 0 nitrogen and oxygen atoms in total. The molecule has 5 atom stereocenters. The van der Waals surface area contributed by atoms with Crippen molar-refractivity contribution in [2.45, 2.75) is 78.6 Å². The normalized spacial score (nSPS) is 51.1. The summed E-state index contributed by atoms with van der Waals surface area (Å²) in [6.07, 6.45) is 13.0. The van der Waals surface area contributed by atoms with E-state index < -0.39 is 0 Å². The van der Waals surface area contributed by atoms with Crippen molar-refractivity contribution in [2.24, 2.45) is 28.6 Å². The SMILES string of the molecule is C=C1CCC2CC([C@@]3(C)CCCC[C@@H]3C)CC[C@]12C. The molecule has 0 N–H and O–H groups in total. The minimum atomic E-state index is 0.505. The fourth-order valence-corrected chi connectivity index (χ4v) is 5.67. The number of hydrogen-bond acceptors (Lipinski definition) is 0. The van der Waals surface area contributed by atoms with Crippen molar-refractivity contribution in [3.63, 3.8) is 0 Å². The van der Waals surface area contributed by atoms with Gasteiger partial charge in [0.05, 0.1) is 0 Å². The van der Waals surface area contributed by atoms with E-state index in [1.807, 2.05) is 0 Å². The lowest BCUT2D eigenvalue weighted by Gasteiger charge is -2.51. The average Bonchev–Trinajstić information content (AvgIpc) is 2.69. The summed E-state index contributed by atoms with van der Waals surface area (Å²) in [5, 5.41) is 0. The van der Waals surface area contributed by atoms with Crippen LogP contribution in [0.1, 0.15) is 78.6 Å². The van der Waals surface area contributed by atoms with Crippen molar-refractivity contribution in [1.29, 1.82) is 0 Å². The molecule has 0 amide bonds. The minimum Gasteiger partial charge on any atom is -0.0993 e. The van der Waals surface area contributed by atoms with Crippen molar-refractivity contribution in [3.8, 4) is 0 Å². The van der Waals surface area contributed by atoms with Crippen LogP contribution in [0, 0.1) is 28.6 Å². The Hall–Kier alpha value is -0.260. The summed E-state index contributed by atoms with van der Waals surface area (Å²) < 4.78 is 0. The van der Waals surface area contributed by atoms with Crippen LogP contribution in [0.3, 0.4) is 0 Å². The van der Waals surface area contributed by atoms with Gasteiger partial charge in [0, 0.05) is 0 Å². The zero-order chi connectivity index (χ0) is 13.7. The topological polar surface area (TPSA) is 0 Å². The smallest absolute Gasteiger partial charge is 0.00905 e. The van der Waals surface area contributed by atoms with Crippen molar-refractivity contribution in [1.82, 2.24) is 0 Å². The van der Waals surface area contributed by atoms with E-state index in [9.17, 15) is 0 Å². The largest absolute Gasteiger partial charge is 0.0993 e. The molecule has 0 heterocycles. The monoisotopic (exact) mass is 260 g/mol. The molecule has 0 heteroatoms. The van der Waals surface area contributed by atoms with E-state index in [4.69, 9.17) is 0 Å². The molecule has 0 aromatic rings. The van der Waals surface area contributed by atoms with Gasteiger partial charge in [0.15, 0.2) is 0 Å². The lowest BCUT2D eigenvalue weighted by Crippen LogP contribution is -2.42. The summed E-state index contributed by atoms with van der Waals surface area (Å²) in [6, 6.07) is 0. The highest BCUT2D eigenvalue weighted by atomic mass is 14.5. The number of rotatable bonds is 1. The van der Waals surface area contributed by atoms with Gasteiger partial charge in [0.1, 0.15) is 0 Å². The molecule has 3 aliphatic carbocycles. The van der Waals surface area contributed by atoms with Crippen LogP contribution in [-0.2, 0) is 0 Å². The Labute approximate surface area is 120 Å². The van der Waals surface area contributed by atoms with Crippen LogP contribution in [0.5, 0.6) is 0 Å². The molecule has 0 saturated heterocycles. The first-order chi connectivity index (χ1) is 8.97. The van der Waals surface area contributed by atoms with Crippen LogP contribution in [0.15, 0.2) is 12.2 Å². The molecule has 3 fully saturated rings. The maximum absolute atomic E-state index is 4.38. The zero-order valence-corrected chi connectivity index (χ0v) is 13.3. The molecule has 3 aliphatic rings. The van der Waals surface area contributed by atoms with E-state index in [0.717, 1.165) is 17.8 Å². The Morgan fingerprint density at radius 1 is 1.00 bits per heavy atom. The van der Waals surface area contributed by atoms with Gasteiger partial charge in [-0.1, -0.05) is 52.2 Å². The standard InChI is InChI=1S/C19H32/c1-14-7-5-6-11-18(14,3)17-10-12-19(4)15(2)8-9-16(19)13-17/h14,16-17H,2,5-13H2,1,3-4H3/t14-,16?,17?,18-,19+/m0/s1. The second kappa shape index (κ2) is 4.64. The van der Waals surface area contributed by atoms with E-state index in [1.165, 1.54) is 57.8 Å². The van der Waals surface area contributed by atoms with Crippen molar-refractivity contribution < 1.29 is 0 Å². The lowest BCUT2D eigenvalue weighted by atomic mass is 9.53. The van der Waals surface area contributed by atoms with Crippen LogP contribution in [0.4, 0.5) is 0 Å². The molecular formula is C19H32. The quantitative estimate of drug-likeness (QED) is 0.509. The van der Waals surface area contributed by atoms with E-state index in [-0.39, 0.29) is 0 Å². The molecule has 0 aromatic heterocycles. The molecule has 108 valence electrons. The molecule has 3 saturated carbocycles. The van der Waals surface area contributed by atoms with Gasteiger partial charge < -0.3 is 0 Å². The van der Waals surface area contributed by atoms with Crippen molar-refractivity contribution in [3.05, 3.63) is 12.2 Å². The van der Waals surface area contributed by atoms with Gasteiger partial charge in [-0.25, -0.2) is 0 Å². The van der Waals surface area contributed by atoms with Gasteiger partial charge in [-0.3, -0.25) is 0 Å². The first-order valence-electron chi connectivity index (χ1n) is 8.65. The Morgan fingerprint density at radius 2 is 1.79 bits per heavy atom. The minimum absolute atomic E-state index is 0.505. The fourth-order valence-electron chi connectivity index (χ4n) is 5.67. The third-order valence-corrected chi connectivity index (χ3v) is 7.75. The Kier molecular flexibility index (Phi) is 3.35. The predicted octanol–water partition coefficient (Wildman–Crippen LogP) is 5.98. The van der Waals surface area contributed by atoms with Crippen LogP contribution in [-0.4, -0.2) is 0 Å². The van der Waals surface area contributed by atoms with Crippen molar-refractivity contribution >= 4 is 0 Å². The van der Waals surface area contributed by atoms with Crippen LogP contribution in [0.25, 0.3) is 0 Å². The van der Waals surface area contributed by atoms with E-state index >= 15 is 0 Å². The van der Waals surface area contributed by atoms with Gasteiger partial charge >= 0.3 is 0 Å². The number of allylic oxidation sites excluding steroid dienone is 1.